The third kappa shape index (κ3) is 5.90. The molecule has 1 heterocycles. The summed E-state index contributed by atoms with van der Waals surface area (Å²) in [6, 6.07) is 7.67. The molecule has 6 nitrogen and oxygen atoms in total. The molecule has 174 valence electrons. The Morgan fingerprint density at radius 2 is 1.97 bits per heavy atom. The maximum atomic E-state index is 13.2. The monoisotopic (exact) mass is 471 g/mol. The van der Waals surface area contributed by atoms with Crippen LogP contribution >= 0.6 is 11.6 Å². The number of hydrogen-bond donors (Lipinski definition) is 2. The van der Waals surface area contributed by atoms with Gasteiger partial charge in [0, 0.05) is 31.1 Å². The Morgan fingerprint density at radius 1 is 1.25 bits per heavy atom. The number of halogens is 4. The molecule has 10 heteroatoms. The zero-order valence-corrected chi connectivity index (χ0v) is 18.0. The van der Waals surface area contributed by atoms with Crippen LogP contribution in [0, 0.1) is 0 Å². The molecule has 3 rings (SSSR count). The number of likely N-dealkylation sites (tertiary alicyclic amines) is 1. The fraction of sp³-hybridized carbons (Fsp3) is 0.455. The van der Waals surface area contributed by atoms with Gasteiger partial charge in [-0.15, -0.1) is 13.2 Å². The minimum absolute atomic E-state index is 0.0678. The van der Waals surface area contributed by atoms with Crippen molar-refractivity contribution in [2.45, 2.75) is 49.1 Å². The summed E-state index contributed by atoms with van der Waals surface area (Å²) in [4.78, 5) is 26.7. The Kier molecular flexibility index (Phi) is 7.63. The van der Waals surface area contributed by atoms with E-state index in [1.165, 1.54) is 17.1 Å². The second-order valence-electron chi connectivity index (χ2n) is 7.72. The number of amides is 2. The molecule has 1 aromatic carbocycles. The molecule has 1 aromatic rings. The fourth-order valence-electron chi connectivity index (χ4n) is 4.02. The molecule has 1 aliphatic carbocycles. The van der Waals surface area contributed by atoms with Crippen molar-refractivity contribution in [3.05, 3.63) is 59.8 Å². The molecule has 0 aromatic heterocycles. The number of nitrogens with zero attached hydrogens (tertiary/aromatic N) is 1. The first-order valence-corrected chi connectivity index (χ1v) is 10.7. The van der Waals surface area contributed by atoms with Crippen LogP contribution in [0.2, 0.25) is 0 Å². The van der Waals surface area contributed by atoms with Crippen LogP contribution in [-0.2, 0) is 14.3 Å². The summed E-state index contributed by atoms with van der Waals surface area (Å²) in [6.07, 6.45) is 1.10. The minimum atomic E-state index is -5.00. The van der Waals surface area contributed by atoms with E-state index in [1.807, 2.05) is 0 Å². The molecule has 32 heavy (non-hydrogen) atoms. The topological polar surface area (TPSA) is 84.7 Å². The first-order chi connectivity index (χ1) is 15.1. The Bertz CT molecular complexity index is 891. The van der Waals surface area contributed by atoms with Crippen LogP contribution in [-0.4, -0.2) is 47.3 Å². The van der Waals surface area contributed by atoms with Crippen molar-refractivity contribution < 1.29 is 27.5 Å². The number of piperidine rings is 1. The zero-order valence-electron chi connectivity index (χ0n) is 17.3. The van der Waals surface area contributed by atoms with Crippen molar-refractivity contribution in [2.24, 2.45) is 5.73 Å². The second-order valence-corrected chi connectivity index (χ2v) is 8.31. The van der Waals surface area contributed by atoms with Crippen LogP contribution in [0.25, 0.3) is 0 Å². The molecule has 1 fully saturated rings. The third-order valence-electron chi connectivity index (χ3n) is 5.43. The lowest BCUT2D eigenvalue weighted by atomic mass is 9.88. The number of allylic oxidation sites excluding steroid dienone is 1. The van der Waals surface area contributed by atoms with E-state index in [4.69, 9.17) is 17.3 Å². The number of carbonyl (C=O) groups is 2. The molecule has 2 unspecified atom stereocenters. The van der Waals surface area contributed by atoms with Crippen LogP contribution in [0.5, 0.6) is 0 Å². The van der Waals surface area contributed by atoms with E-state index in [9.17, 15) is 22.8 Å². The number of ether oxygens (including phenoxy) is 1. The van der Waals surface area contributed by atoms with Crippen molar-refractivity contribution in [1.29, 1.82) is 0 Å². The summed E-state index contributed by atoms with van der Waals surface area (Å²) in [6.45, 7) is 0.598. The van der Waals surface area contributed by atoms with Gasteiger partial charge in [0.2, 0.25) is 11.8 Å². The van der Waals surface area contributed by atoms with Gasteiger partial charge >= 0.3 is 6.36 Å². The van der Waals surface area contributed by atoms with Crippen LogP contribution in [0.1, 0.15) is 37.2 Å². The lowest BCUT2D eigenvalue weighted by Gasteiger charge is -2.36. The predicted molar refractivity (Wildman–Crippen MR) is 113 cm³/mol. The molecule has 0 spiro atoms. The van der Waals surface area contributed by atoms with Gasteiger partial charge in [-0.25, -0.2) is 0 Å². The molecule has 1 aliphatic heterocycles. The van der Waals surface area contributed by atoms with Crippen molar-refractivity contribution in [3.8, 4) is 0 Å². The van der Waals surface area contributed by atoms with E-state index in [0.717, 1.165) is 18.9 Å². The smallest absolute Gasteiger partial charge is 0.331 e. The van der Waals surface area contributed by atoms with Gasteiger partial charge in [-0.1, -0.05) is 48.0 Å². The number of hydrogen-bond acceptors (Lipinski definition) is 4. The van der Waals surface area contributed by atoms with Gasteiger partial charge < -0.3 is 16.0 Å². The maximum Gasteiger partial charge on any atom is 0.524 e. The molecule has 0 radical (unpaired) electrons. The maximum absolute atomic E-state index is 13.2. The van der Waals surface area contributed by atoms with E-state index in [0.29, 0.717) is 18.5 Å². The van der Waals surface area contributed by atoms with Crippen molar-refractivity contribution in [2.75, 3.05) is 13.1 Å². The Labute approximate surface area is 189 Å². The minimum Gasteiger partial charge on any atom is -0.331 e. The van der Waals surface area contributed by atoms with Gasteiger partial charge in [0.1, 0.15) is 6.04 Å². The molecule has 3 N–H and O–H groups in total. The number of alkyl halides is 4. The second kappa shape index (κ2) is 10.1. The SMILES string of the molecule is NCCC(=O)N1CCCC[C@@H]1C(=O)NC1=CC(Cl)(OC(F)(F)F)C(c2ccccc2)C=C1. The molecule has 3 atom stereocenters. The van der Waals surface area contributed by atoms with E-state index in [-0.39, 0.29) is 24.6 Å². The number of rotatable bonds is 6. The standard InChI is InChI=1S/C22H25ClF3N3O3/c23-21(32-22(24,25)26)14-16(9-10-17(21)15-6-2-1-3-7-15)28-20(31)18-8-4-5-13-29(18)19(30)11-12-27/h1-3,6-7,9-10,14,17-18H,4-5,8,11-13,27H2,(H,28,31)/t17?,18-,21?/m1/s1. The van der Waals surface area contributed by atoms with E-state index in [1.54, 1.807) is 30.3 Å². The van der Waals surface area contributed by atoms with Crippen molar-refractivity contribution >= 4 is 23.4 Å². The highest BCUT2D eigenvalue weighted by Gasteiger charge is 2.47. The summed E-state index contributed by atoms with van der Waals surface area (Å²) in [5, 5.41) is 0.314. The van der Waals surface area contributed by atoms with Gasteiger partial charge in [-0.3, -0.25) is 14.3 Å². The Morgan fingerprint density at radius 3 is 2.62 bits per heavy atom. The first kappa shape index (κ1) is 24.3. The third-order valence-corrected chi connectivity index (χ3v) is 5.85. The van der Waals surface area contributed by atoms with E-state index < -0.39 is 29.3 Å². The van der Waals surface area contributed by atoms with E-state index in [2.05, 4.69) is 10.1 Å². The normalized spacial score (nSPS) is 25.9. The average molecular weight is 472 g/mol. The Balaban J connectivity index is 1.83. The van der Waals surface area contributed by atoms with Gasteiger partial charge in [-0.05, 0) is 37.0 Å². The van der Waals surface area contributed by atoms with Crippen molar-refractivity contribution in [3.63, 3.8) is 0 Å². The Hall–Kier alpha value is -2.36. The molecular formula is C22H25ClF3N3O3. The molecule has 0 saturated carbocycles. The predicted octanol–water partition coefficient (Wildman–Crippen LogP) is 3.54. The van der Waals surface area contributed by atoms with Crippen LogP contribution in [0.3, 0.4) is 0 Å². The summed E-state index contributed by atoms with van der Waals surface area (Å²) in [5.41, 5.74) is 6.05. The van der Waals surface area contributed by atoms with Gasteiger partial charge in [0.25, 0.3) is 0 Å². The molecule has 0 bridgehead atoms. The average Bonchev–Trinajstić information content (AvgIpc) is 2.73. The van der Waals surface area contributed by atoms with Gasteiger partial charge in [0.05, 0.1) is 0 Å². The number of carbonyl (C=O) groups excluding carboxylic acids is 2. The number of nitrogens with one attached hydrogen (secondary N) is 1. The molecular weight excluding hydrogens is 447 g/mol. The fourth-order valence-corrected chi connectivity index (χ4v) is 4.43. The van der Waals surface area contributed by atoms with Gasteiger partial charge in [0.15, 0.2) is 5.06 Å². The summed E-state index contributed by atoms with van der Waals surface area (Å²) in [7, 11) is 0. The molecule has 2 amide bonds. The largest absolute Gasteiger partial charge is 0.524 e. The van der Waals surface area contributed by atoms with Gasteiger partial charge in [-0.2, -0.15) is 0 Å². The molecule has 2 aliphatic rings. The molecule has 1 saturated heterocycles. The highest BCUT2D eigenvalue weighted by Crippen LogP contribution is 2.44. The van der Waals surface area contributed by atoms with Crippen LogP contribution in [0.15, 0.2) is 54.3 Å². The number of nitrogens with two attached hydrogens (primary N) is 1. The van der Waals surface area contributed by atoms with E-state index >= 15 is 0 Å². The highest BCUT2D eigenvalue weighted by atomic mass is 35.5. The first-order valence-electron chi connectivity index (χ1n) is 10.3. The van der Waals surface area contributed by atoms with Crippen LogP contribution < -0.4 is 11.1 Å². The highest BCUT2D eigenvalue weighted by molar-refractivity contribution is 6.25. The van der Waals surface area contributed by atoms with Crippen molar-refractivity contribution in [1.82, 2.24) is 10.2 Å². The summed E-state index contributed by atoms with van der Waals surface area (Å²) < 4.78 is 43.8. The number of benzene rings is 1. The lowest BCUT2D eigenvalue weighted by molar-refractivity contribution is -0.346. The summed E-state index contributed by atoms with van der Waals surface area (Å²) >= 11 is 6.35. The summed E-state index contributed by atoms with van der Waals surface area (Å²) in [5.74, 6) is -1.66. The quantitative estimate of drug-likeness (QED) is 0.621. The zero-order chi connectivity index (χ0) is 23.4. The van der Waals surface area contributed by atoms with Crippen LogP contribution in [0.4, 0.5) is 13.2 Å². The lowest BCUT2D eigenvalue weighted by Crippen LogP contribution is -2.52.